The zero-order valence-electron chi connectivity index (χ0n) is 24.2. The lowest BCUT2D eigenvalue weighted by Gasteiger charge is -2.29. The molecule has 226 valence electrons. The predicted molar refractivity (Wildman–Crippen MR) is 164 cm³/mol. The Morgan fingerprint density at radius 2 is 1.93 bits per heavy atom. The highest BCUT2D eigenvalue weighted by molar-refractivity contribution is 7.92. The van der Waals surface area contributed by atoms with Gasteiger partial charge in [-0.2, -0.15) is 0 Å². The molecule has 0 spiro atoms. The van der Waals surface area contributed by atoms with Gasteiger partial charge in [0.1, 0.15) is 0 Å². The fraction of sp³-hybridized carbons (Fsp3) is 0.621. The number of anilines is 2. The lowest BCUT2D eigenvalue weighted by Crippen LogP contribution is -2.49. The van der Waals surface area contributed by atoms with Crippen molar-refractivity contribution in [1.82, 2.24) is 10.6 Å². The molecule has 3 rings (SSSR count). The van der Waals surface area contributed by atoms with Crippen LogP contribution < -0.4 is 20.3 Å². The lowest BCUT2D eigenvalue weighted by atomic mass is 10.0. The number of carbonyl (C=O) groups is 1. The molecule has 1 aliphatic rings. The van der Waals surface area contributed by atoms with E-state index in [4.69, 9.17) is 4.42 Å². The molecule has 0 aliphatic carbocycles. The van der Waals surface area contributed by atoms with E-state index < -0.39 is 22.2 Å². The second-order valence-corrected chi connectivity index (χ2v) is 13.0. The largest absolute Gasteiger partial charge is 0.472 e. The van der Waals surface area contributed by atoms with E-state index >= 15 is 0 Å². The van der Waals surface area contributed by atoms with Crippen molar-refractivity contribution in [2.45, 2.75) is 84.4 Å². The van der Waals surface area contributed by atoms with Crippen molar-refractivity contribution in [2.75, 3.05) is 35.0 Å². The van der Waals surface area contributed by atoms with Gasteiger partial charge >= 0.3 is 0 Å². The summed E-state index contributed by atoms with van der Waals surface area (Å²) in [6.07, 6.45) is 7.45. The van der Waals surface area contributed by atoms with Gasteiger partial charge in [-0.05, 0) is 75.3 Å². The number of benzene rings is 1. The van der Waals surface area contributed by atoms with Crippen LogP contribution in [-0.4, -0.2) is 63.0 Å². The van der Waals surface area contributed by atoms with Gasteiger partial charge in [0.2, 0.25) is 10.0 Å². The summed E-state index contributed by atoms with van der Waals surface area (Å²) < 4.78 is 32.1. The third kappa shape index (κ3) is 10.3. The Balaban J connectivity index is 0.00000560. The number of sulfonamides is 1. The topological polar surface area (TPSA) is 124 Å². The Kier molecular flexibility index (Phi) is 13.8. The van der Waals surface area contributed by atoms with Gasteiger partial charge in [0.25, 0.3) is 5.91 Å². The number of halogens is 1. The molecule has 0 bridgehead atoms. The van der Waals surface area contributed by atoms with Crippen LogP contribution in [0.25, 0.3) is 0 Å². The Hall–Kier alpha value is -2.27. The number of nitrogens with one attached hydrogen (secondary N) is 3. The average Bonchev–Trinajstić information content (AvgIpc) is 3.39. The second kappa shape index (κ2) is 16.2. The van der Waals surface area contributed by atoms with E-state index in [1.165, 1.54) is 10.7 Å². The summed E-state index contributed by atoms with van der Waals surface area (Å²) in [5, 5.41) is 20.7. The van der Waals surface area contributed by atoms with Crippen LogP contribution in [0, 0.1) is 5.92 Å². The van der Waals surface area contributed by atoms with Crippen LogP contribution in [0.15, 0.2) is 41.2 Å². The van der Waals surface area contributed by atoms with Crippen LogP contribution >= 0.6 is 12.4 Å². The Morgan fingerprint density at radius 1 is 1.15 bits per heavy atom. The van der Waals surface area contributed by atoms with Crippen LogP contribution in [0.1, 0.15) is 75.7 Å². The standard InChI is InChI=1S/C29H46N4O5S.ClH/c1-5-30-25-16-24(17-26(18-25)33-12-6-7-14-39(33,36)37)29(35)32-27(15-23-11-13-38-20-23)28(34)19-31-22(4)10-8-9-21(2)3;/h11,13,16-18,20-22,27-28,30-31,34H,5-10,12,14-15,19H2,1-4H3,(H,32,35);1H/t22?,27-,28+;/m0./s1. The summed E-state index contributed by atoms with van der Waals surface area (Å²) in [6, 6.07) is 6.60. The summed E-state index contributed by atoms with van der Waals surface area (Å²) in [5.41, 5.74) is 2.35. The number of aliphatic hydroxyl groups is 1. The van der Waals surface area contributed by atoms with E-state index in [9.17, 15) is 18.3 Å². The van der Waals surface area contributed by atoms with Gasteiger partial charge in [0.15, 0.2) is 0 Å². The van der Waals surface area contributed by atoms with Crippen molar-refractivity contribution in [3.05, 3.63) is 47.9 Å². The summed E-state index contributed by atoms with van der Waals surface area (Å²) >= 11 is 0. The second-order valence-electron chi connectivity index (χ2n) is 11.0. The number of furan rings is 1. The first kappa shape index (κ1) is 33.9. The maximum atomic E-state index is 13.5. The zero-order valence-corrected chi connectivity index (χ0v) is 25.8. The molecule has 40 heavy (non-hydrogen) atoms. The zero-order chi connectivity index (χ0) is 28.4. The third-order valence-corrected chi connectivity index (χ3v) is 8.98. The van der Waals surface area contributed by atoms with Crippen molar-refractivity contribution in [1.29, 1.82) is 0 Å². The predicted octanol–water partition coefficient (Wildman–Crippen LogP) is 4.57. The van der Waals surface area contributed by atoms with E-state index in [1.807, 2.05) is 13.0 Å². The monoisotopic (exact) mass is 598 g/mol. The molecule has 1 saturated heterocycles. The van der Waals surface area contributed by atoms with E-state index in [0.717, 1.165) is 24.8 Å². The fourth-order valence-electron chi connectivity index (χ4n) is 4.87. The van der Waals surface area contributed by atoms with Crippen LogP contribution in [0.4, 0.5) is 11.4 Å². The maximum absolute atomic E-state index is 13.5. The highest BCUT2D eigenvalue weighted by Crippen LogP contribution is 2.28. The van der Waals surface area contributed by atoms with Gasteiger partial charge < -0.3 is 25.5 Å². The van der Waals surface area contributed by atoms with E-state index in [2.05, 4.69) is 36.7 Å². The Morgan fingerprint density at radius 3 is 2.58 bits per heavy atom. The molecule has 9 nitrogen and oxygen atoms in total. The minimum absolute atomic E-state index is 0. The van der Waals surface area contributed by atoms with Gasteiger partial charge in [0.05, 0.1) is 36.1 Å². The molecule has 0 saturated carbocycles. The molecule has 1 aliphatic heterocycles. The molecule has 2 aromatic rings. The van der Waals surface area contributed by atoms with E-state index in [-0.39, 0.29) is 30.1 Å². The highest BCUT2D eigenvalue weighted by atomic mass is 35.5. The summed E-state index contributed by atoms with van der Waals surface area (Å²) in [7, 11) is -3.43. The molecular formula is C29H47ClN4O5S. The molecule has 0 radical (unpaired) electrons. The molecule has 11 heteroatoms. The van der Waals surface area contributed by atoms with Crippen molar-refractivity contribution < 1.29 is 22.7 Å². The van der Waals surface area contributed by atoms with Gasteiger partial charge in [-0.1, -0.05) is 26.7 Å². The lowest BCUT2D eigenvalue weighted by molar-refractivity contribution is 0.0825. The highest BCUT2D eigenvalue weighted by Gasteiger charge is 2.28. The first-order valence-electron chi connectivity index (χ1n) is 14.2. The number of amides is 1. The molecule has 4 N–H and O–H groups in total. The minimum atomic E-state index is -3.43. The quantitative estimate of drug-likeness (QED) is 0.237. The van der Waals surface area contributed by atoms with Gasteiger partial charge in [0, 0.05) is 36.9 Å². The fourth-order valence-corrected chi connectivity index (χ4v) is 6.49. The van der Waals surface area contributed by atoms with E-state index in [0.29, 0.717) is 55.3 Å². The summed E-state index contributed by atoms with van der Waals surface area (Å²) in [4.78, 5) is 13.5. The van der Waals surface area contributed by atoms with Crippen LogP contribution in [-0.2, 0) is 16.4 Å². The average molecular weight is 599 g/mol. The number of aliphatic hydroxyl groups excluding tert-OH is 1. The van der Waals surface area contributed by atoms with Gasteiger partial charge in [-0.25, -0.2) is 8.42 Å². The summed E-state index contributed by atoms with van der Waals surface area (Å²) in [5.74, 6) is 0.392. The Labute approximate surface area is 245 Å². The number of hydrogen-bond donors (Lipinski definition) is 4. The van der Waals surface area contributed by atoms with Crippen molar-refractivity contribution >= 4 is 39.7 Å². The normalized spacial score (nSPS) is 17.1. The van der Waals surface area contributed by atoms with E-state index in [1.54, 1.807) is 30.7 Å². The van der Waals surface area contributed by atoms with Crippen molar-refractivity contribution in [3.8, 4) is 0 Å². The van der Waals surface area contributed by atoms with Crippen molar-refractivity contribution in [3.63, 3.8) is 0 Å². The van der Waals surface area contributed by atoms with Crippen molar-refractivity contribution in [2.24, 2.45) is 5.92 Å². The molecule has 1 unspecified atom stereocenters. The molecule has 2 heterocycles. The van der Waals surface area contributed by atoms with Gasteiger partial charge in [-0.3, -0.25) is 9.10 Å². The molecular weight excluding hydrogens is 552 g/mol. The number of nitrogens with zero attached hydrogens (tertiary/aromatic N) is 1. The minimum Gasteiger partial charge on any atom is -0.472 e. The molecule has 3 atom stereocenters. The molecule has 1 fully saturated rings. The van der Waals surface area contributed by atoms with Crippen LogP contribution in [0.3, 0.4) is 0 Å². The molecule has 1 aromatic heterocycles. The third-order valence-electron chi connectivity index (χ3n) is 7.11. The first-order valence-corrected chi connectivity index (χ1v) is 15.8. The first-order chi connectivity index (χ1) is 18.6. The van der Waals surface area contributed by atoms with Crippen LogP contribution in [0.2, 0.25) is 0 Å². The van der Waals surface area contributed by atoms with Crippen LogP contribution in [0.5, 0.6) is 0 Å². The summed E-state index contributed by atoms with van der Waals surface area (Å²) in [6.45, 7) is 9.83. The molecule has 1 aromatic carbocycles. The number of hydrogen-bond acceptors (Lipinski definition) is 7. The number of carbonyl (C=O) groups excluding carboxylic acids is 1. The smallest absolute Gasteiger partial charge is 0.251 e. The SMILES string of the molecule is CCNc1cc(C(=O)N[C@@H](Cc2ccoc2)[C@H](O)CNC(C)CCCC(C)C)cc(N2CCCCS2(=O)=O)c1.Cl. The Bertz CT molecular complexity index is 1140. The van der Waals surface area contributed by atoms with Gasteiger partial charge in [-0.15, -0.1) is 12.4 Å². The molecule has 1 amide bonds. The maximum Gasteiger partial charge on any atom is 0.251 e. The number of rotatable bonds is 15.